The molecule has 0 spiro atoms. The molecule has 2 heterocycles. The highest BCUT2D eigenvalue weighted by Crippen LogP contribution is 2.20. The largest absolute Gasteiger partial charge is 0.368 e. The number of amides is 1. The first-order valence-electron chi connectivity index (χ1n) is 7.64. The van der Waals surface area contributed by atoms with Crippen LogP contribution >= 0.6 is 0 Å². The first-order valence-corrected chi connectivity index (χ1v) is 9.08. The van der Waals surface area contributed by atoms with E-state index < -0.39 is 15.8 Å². The van der Waals surface area contributed by atoms with Gasteiger partial charge in [0.1, 0.15) is 11.9 Å². The van der Waals surface area contributed by atoms with Crippen LogP contribution in [0.4, 0.5) is 4.39 Å². The van der Waals surface area contributed by atoms with Crippen molar-refractivity contribution in [3.63, 3.8) is 0 Å². The molecular weight excluding hydrogens is 323 g/mol. The van der Waals surface area contributed by atoms with E-state index in [0.717, 1.165) is 18.9 Å². The van der Waals surface area contributed by atoms with Gasteiger partial charge in [-0.25, -0.2) is 12.8 Å². The van der Waals surface area contributed by atoms with Crippen molar-refractivity contribution in [3.8, 4) is 0 Å². The number of ether oxygens (including phenoxy) is 1. The average molecular weight is 342 g/mol. The average Bonchev–Trinajstić information content (AvgIpc) is 3.09. The van der Waals surface area contributed by atoms with Crippen molar-refractivity contribution in [2.24, 2.45) is 0 Å². The fourth-order valence-corrected chi connectivity index (χ4v) is 4.36. The van der Waals surface area contributed by atoms with Gasteiger partial charge in [-0.1, -0.05) is 6.07 Å². The van der Waals surface area contributed by atoms with Gasteiger partial charge >= 0.3 is 0 Å². The molecule has 2 fully saturated rings. The molecule has 0 aliphatic carbocycles. The van der Waals surface area contributed by atoms with Crippen LogP contribution < -0.4 is 0 Å². The minimum Gasteiger partial charge on any atom is -0.368 e. The van der Waals surface area contributed by atoms with Crippen molar-refractivity contribution in [1.82, 2.24) is 9.21 Å². The lowest BCUT2D eigenvalue weighted by molar-refractivity contribution is -0.142. The van der Waals surface area contributed by atoms with Crippen molar-refractivity contribution in [2.75, 3.05) is 32.8 Å². The van der Waals surface area contributed by atoms with Gasteiger partial charge in [-0.15, -0.1) is 0 Å². The third-order valence-electron chi connectivity index (χ3n) is 4.19. The second-order valence-corrected chi connectivity index (χ2v) is 7.63. The van der Waals surface area contributed by atoms with Crippen molar-refractivity contribution in [2.45, 2.75) is 23.8 Å². The topological polar surface area (TPSA) is 66.9 Å². The summed E-state index contributed by atoms with van der Waals surface area (Å²) in [6, 6.07) is 4.97. The Morgan fingerprint density at radius 3 is 2.57 bits per heavy atom. The minimum atomic E-state index is -3.73. The summed E-state index contributed by atoms with van der Waals surface area (Å²) in [5, 5.41) is 0. The summed E-state index contributed by atoms with van der Waals surface area (Å²) in [7, 11) is -3.73. The molecule has 0 bridgehead atoms. The molecule has 2 aliphatic rings. The summed E-state index contributed by atoms with van der Waals surface area (Å²) in [5.41, 5.74) is 0. The van der Waals surface area contributed by atoms with Crippen LogP contribution in [0, 0.1) is 5.82 Å². The Bertz CT molecular complexity index is 680. The molecular formula is C15H19FN2O4S. The Morgan fingerprint density at radius 2 is 1.96 bits per heavy atom. The molecule has 0 aromatic heterocycles. The molecule has 0 unspecified atom stereocenters. The summed E-state index contributed by atoms with van der Waals surface area (Å²) in [6.07, 6.45) is 1.21. The molecule has 6 nitrogen and oxygen atoms in total. The number of benzene rings is 1. The van der Waals surface area contributed by atoms with Gasteiger partial charge in [0.25, 0.3) is 5.91 Å². The number of halogens is 1. The van der Waals surface area contributed by atoms with Gasteiger partial charge in [0.2, 0.25) is 10.0 Å². The maximum absolute atomic E-state index is 13.3. The van der Waals surface area contributed by atoms with Gasteiger partial charge < -0.3 is 9.64 Å². The lowest BCUT2D eigenvalue weighted by Crippen LogP contribution is -2.52. The van der Waals surface area contributed by atoms with Crippen LogP contribution in [-0.2, 0) is 19.6 Å². The fraction of sp³-hybridized carbons (Fsp3) is 0.533. The molecule has 1 aromatic rings. The normalized spacial score (nSPS) is 23.2. The monoisotopic (exact) mass is 342 g/mol. The van der Waals surface area contributed by atoms with Crippen LogP contribution in [0.5, 0.6) is 0 Å². The minimum absolute atomic E-state index is 0.0589. The van der Waals surface area contributed by atoms with Crippen molar-refractivity contribution in [3.05, 3.63) is 30.1 Å². The second kappa shape index (κ2) is 6.54. The summed E-state index contributed by atoms with van der Waals surface area (Å²) in [6.45, 7) is 1.67. The lowest BCUT2D eigenvalue weighted by atomic mass is 10.2. The second-order valence-electron chi connectivity index (χ2n) is 5.69. The van der Waals surface area contributed by atoms with Crippen LogP contribution in [0.2, 0.25) is 0 Å². The zero-order chi connectivity index (χ0) is 16.4. The highest BCUT2D eigenvalue weighted by Gasteiger charge is 2.34. The van der Waals surface area contributed by atoms with E-state index in [1.165, 1.54) is 22.5 Å². The van der Waals surface area contributed by atoms with Gasteiger partial charge in [-0.3, -0.25) is 4.79 Å². The molecule has 3 rings (SSSR count). The fourth-order valence-electron chi connectivity index (χ4n) is 2.90. The smallest absolute Gasteiger partial charge is 0.251 e. The zero-order valence-electron chi connectivity index (χ0n) is 12.7. The summed E-state index contributed by atoms with van der Waals surface area (Å²) < 4.78 is 44.9. The van der Waals surface area contributed by atoms with E-state index >= 15 is 0 Å². The highest BCUT2D eigenvalue weighted by molar-refractivity contribution is 7.89. The van der Waals surface area contributed by atoms with E-state index in [1.54, 1.807) is 4.90 Å². The molecule has 1 aromatic carbocycles. The number of hydrogen-bond donors (Lipinski definition) is 0. The van der Waals surface area contributed by atoms with Crippen molar-refractivity contribution < 1.29 is 22.3 Å². The Balaban J connectivity index is 1.65. The molecule has 2 saturated heterocycles. The van der Waals surface area contributed by atoms with E-state index in [0.29, 0.717) is 19.7 Å². The predicted molar refractivity (Wildman–Crippen MR) is 80.7 cm³/mol. The Kier molecular flexibility index (Phi) is 4.65. The van der Waals surface area contributed by atoms with Gasteiger partial charge in [-0.2, -0.15) is 4.31 Å². The highest BCUT2D eigenvalue weighted by atomic mass is 32.2. The van der Waals surface area contributed by atoms with Crippen LogP contribution in [0.1, 0.15) is 12.8 Å². The van der Waals surface area contributed by atoms with Gasteiger partial charge in [0, 0.05) is 32.8 Å². The van der Waals surface area contributed by atoms with E-state index in [-0.39, 0.29) is 30.0 Å². The van der Waals surface area contributed by atoms with Crippen LogP contribution in [-0.4, -0.2) is 62.4 Å². The molecule has 8 heteroatoms. The van der Waals surface area contributed by atoms with Gasteiger partial charge in [0.05, 0.1) is 4.90 Å². The first kappa shape index (κ1) is 16.4. The molecule has 126 valence electrons. The summed E-state index contributed by atoms with van der Waals surface area (Å²) >= 11 is 0. The third kappa shape index (κ3) is 3.39. The Hall–Kier alpha value is -1.51. The van der Waals surface area contributed by atoms with Gasteiger partial charge in [-0.05, 0) is 31.0 Å². The molecule has 0 radical (unpaired) electrons. The molecule has 2 aliphatic heterocycles. The summed E-state index contributed by atoms with van der Waals surface area (Å²) in [5.74, 6) is -0.649. The van der Waals surface area contributed by atoms with E-state index in [9.17, 15) is 17.6 Å². The Morgan fingerprint density at radius 1 is 1.22 bits per heavy atom. The van der Waals surface area contributed by atoms with E-state index in [4.69, 9.17) is 4.74 Å². The SMILES string of the molecule is O=C([C@@H]1CCCO1)N1CCN(S(=O)(=O)c2cccc(F)c2)CC1. The van der Waals surface area contributed by atoms with Crippen molar-refractivity contribution >= 4 is 15.9 Å². The quantitative estimate of drug-likeness (QED) is 0.816. The molecule has 1 amide bonds. The number of sulfonamides is 1. The molecule has 1 atom stereocenters. The van der Waals surface area contributed by atoms with Crippen molar-refractivity contribution in [1.29, 1.82) is 0 Å². The van der Waals surface area contributed by atoms with E-state index in [1.807, 2.05) is 0 Å². The Labute approximate surface area is 134 Å². The van der Waals surface area contributed by atoms with Gasteiger partial charge in [0.15, 0.2) is 0 Å². The van der Waals surface area contributed by atoms with Crippen LogP contribution in [0.25, 0.3) is 0 Å². The summed E-state index contributed by atoms with van der Waals surface area (Å²) in [4.78, 5) is 13.8. The maximum atomic E-state index is 13.3. The number of piperazine rings is 1. The molecule has 0 saturated carbocycles. The number of rotatable bonds is 3. The predicted octanol–water partition coefficient (Wildman–Crippen LogP) is 0.838. The number of carbonyl (C=O) groups excluding carboxylic acids is 1. The number of nitrogens with zero attached hydrogens (tertiary/aromatic N) is 2. The lowest BCUT2D eigenvalue weighted by Gasteiger charge is -2.35. The zero-order valence-corrected chi connectivity index (χ0v) is 13.5. The molecule has 23 heavy (non-hydrogen) atoms. The van der Waals surface area contributed by atoms with Crippen LogP contribution in [0.3, 0.4) is 0 Å². The number of carbonyl (C=O) groups is 1. The third-order valence-corrected chi connectivity index (χ3v) is 6.08. The molecule has 0 N–H and O–H groups in total. The van der Waals surface area contributed by atoms with E-state index in [2.05, 4.69) is 0 Å². The number of hydrogen-bond acceptors (Lipinski definition) is 4. The maximum Gasteiger partial charge on any atom is 0.251 e. The first-order chi connectivity index (χ1) is 11.0. The van der Waals surface area contributed by atoms with Crippen LogP contribution in [0.15, 0.2) is 29.2 Å². The standard InChI is InChI=1S/C15H19FN2O4S/c16-12-3-1-4-13(11-12)23(20,21)18-8-6-17(7-9-18)15(19)14-5-2-10-22-14/h1,3-4,11,14H,2,5-10H2/t14-/m0/s1.